The monoisotopic (exact) mass is 395 g/mol. The Labute approximate surface area is 169 Å². The minimum absolute atomic E-state index is 0.284. The number of carbonyl (C=O) groups excluding carboxylic acids is 1. The Morgan fingerprint density at radius 2 is 1.59 bits per heavy atom. The third-order valence-corrected chi connectivity index (χ3v) is 5.39. The van der Waals surface area contributed by atoms with Crippen LogP contribution >= 0.6 is 0 Å². The second kappa shape index (κ2) is 8.90. The highest BCUT2D eigenvalue weighted by Gasteiger charge is 2.48. The van der Waals surface area contributed by atoms with E-state index in [1.165, 1.54) is 0 Å². The van der Waals surface area contributed by atoms with Crippen molar-refractivity contribution in [3.63, 3.8) is 0 Å². The molecule has 0 heterocycles. The molecule has 2 unspecified atom stereocenters. The van der Waals surface area contributed by atoms with Gasteiger partial charge in [0.1, 0.15) is 0 Å². The average molecular weight is 395 g/mol. The molecule has 6 nitrogen and oxygen atoms in total. The van der Waals surface area contributed by atoms with Crippen LogP contribution in [0.25, 0.3) is 11.1 Å². The molecule has 0 aromatic heterocycles. The summed E-state index contributed by atoms with van der Waals surface area (Å²) >= 11 is 0. The first-order valence-corrected chi connectivity index (χ1v) is 9.75. The van der Waals surface area contributed by atoms with E-state index in [1.807, 2.05) is 54.6 Å². The van der Waals surface area contributed by atoms with Crippen LogP contribution in [0.5, 0.6) is 0 Å². The molecule has 1 aliphatic rings. The molecule has 2 aromatic carbocycles. The molecule has 0 bridgehead atoms. The number of rotatable bonds is 9. The van der Waals surface area contributed by atoms with E-state index >= 15 is 0 Å². The number of carboxylic acids is 2. The standard InChI is InChI=1S/C23H25NO5/c1-14(22(26)27)11-18(24-21(25)19-13-20(19)23(28)29)12-15-7-9-17(10-8-15)16-5-3-2-4-6-16/h2-10,14,18-20H,11-13H2,1H3,(H,24,25)(H,26,27)(H,28,29)/t14?,18?,19-,20-/m1/s1. The summed E-state index contributed by atoms with van der Waals surface area (Å²) in [5, 5.41) is 21.1. The van der Waals surface area contributed by atoms with Crippen LogP contribution in [0, 0.1) is 17.8 Å². The van der Waals surface area contributed by atoms with Gasteiger partial charge in [-0.1, -0.05) is 61.5 Å². The molecule has 1 aliphatic carbocycles. The molecular formula is C23H25NO5. The van der Waals surface area contributed by atoms with Crippen LogP contribution in [0.4, 0.5) is 0 Å². The van der Waals surface area contributed by atoms with E-state index in [0.717, 1.165) is 16.7 Å². The molecular weight excluding hydrogens is 370 g/mol. The van der Waals surface area contributed by atoms with E-state index in [4.69, 9.17) is 5.11 Å². The van der Waals surface area contributed by atoms with Crippen molar-refractivity contribution >= 4 is 17.8 Å². The van der Waals surface area contributed by atoms with E-state index in [-0.39, 0.29) is 18.4 Å². The summed E-state index contributed by atoms with van der Waals surface area (Å²) in [6.45, 7) is 1.61. The van der Waals surface area contributed by atoms with Gasteiger partial charge in [0, 0.05) is 6.04 Å². The Kier molecular flexibility index (Phi) is 6.32. The molecule has 3 rings (SSSR count). The molecule has 1 saturated carbocycles. The molecule has 0 spiro atoms. The van der Waals surface area contributed by atoms with Crippen molar-refractivity contribution in [2.24, 2.45) is 17.8 Å². The molecule has 3 N–H and O–H groups in total. The van der Waals surface area contributed by atoms with Gasteiger partial charge in [0.2, 0.25) is 5.91 Å². The maximum Gasteiger partial charge on any atom is 0.307 e. The van der Waals surface area contributed by atoms with E-state index in [9.17, 15) is 19.5 Å². The normalized spacial score (nSPS) is 19.8. The predicted molar refractivity (Wildman–Crippen MR) is 108 cm³/mol. The zero-order chi connectivity index (χ0) is 21.0. The maximum atomic E-state index is 12.4. The quantitative estimate of drug-likeness (QED) is 0.605. The lowest BCUT2D eigenvalue weighted by Crippen LogP contribution is -2.40. The number of carboxylic acid groups (broad SMARTS) is 2. The number of amides is 1. The number of carbonyl (C=O) groups is 3. The first-order valence-electron chi connectivity index (χ1n) is 9.75. The fourth-order valence-corrected chi connectivity index (χ4v) is 3.54. The minimum atomic E-state index is -0.961. The lowest BCUT2D eigenvalue weighted by molar-refractivity contribution is -0.141. The van der Waals surface area contributed by atoms with Crippen LogP contribution in [-0.4, -0.2) is 34.1 Å². The first kappa shape index (κ1) is 20.6. The van der Waals surface area contributed by atoms with Crippen molar-refractivity contribution in [3.8, 4) is 11.1 Å². The molecule has 0 saturated heterocycles. The van der Waals surface area contributed by atoms with Gasteiger partial charge < -0.3 is 15.5 Å². The van der Waals surface area contributed by atoms with Gasteiger partial charge in [0.25, 0.3) is 0 Å². The van der Waals surface area contributed by atoms with Crippen molar-refractivity contribution in [2.45, 2.75) is 32.2 Å². The number of hydrogen-bond acceptors (Lipinski definition) is 3. The zero-order valence-corrected chi connectivity index (χ0v) is 16.2. The van der Waals surface area contributed by atoms with Crippen molar-refractivity contribution in [1.29, 1.82) is 0 Å². The number of aliphatic carboxylic acids is 2. The molecule has 1 fully saturated rings. The predicted octanol–water partition coefficient (Wildman–Crippen LogP) is 3.21. The smallest absolute Gasteiger partial charge is 0.307 e. The van der Waals surface area contributed by atoms with Gasteiger partial charge in [-0.25, -0.2) is 0 Å². The Balaban J connectivity index is 1.68. The molecule has 0 radical (unpaired) electrons. The summed E-state index contributed by atoms with van der Waals surface area (Å²) in [7, 11) is 0. The van der Waals surface area contributed by atoms with E-state index in [0.29, 0.717) is 12.8 Å². The Morgan fingerprint density at radius 1 is 0.966 bits per heavy atom. The number of benzene rings is 2. The van der Waals surface area contributed by atoms with Gasteiger partial charge in [-0.2, -0.15) is 0 Å². The van der Waals surface area contributed by atoms with E-state index < -0.39 is 29.7 Å². The van der Waals surface area contributed by atoms with Gasteiger partial charge in [-0.15, -0.1) is 0 Å². The van der Waals surface area contributed by atoms with Crippen LogP contribution in [0.2, 0.25) is 0 Å². The summed E-state index contributed by atoms with van der Waals surface area (Å²) in [6, 6.07) is 17.6. The summed E-state index contributed by atoms with van der Waals surface area (Å²) < 4.78 is 0. The lowest BCUT2D eigenvalue weighted by Gasteiger charge is -2.21. The second-order valence-corrected chi connectivity index (χ2v) is 7.73. The van der Waals surface area contributed by atoms with Crippen molar-refractivity contribution in [1.82, 2.24) is 5.32 Å². The lowest BCUT2D eigenvalue weighted by atomic mass is 9.94. The Morgan fingerprint density at radius 3 is 2.14 bits per heavy atom. The van der Waals surface area contributed by atoms with Crippen molar-refractivity contribution in [3.05, 3.63) is 60.2 Å². The van der Waals surface area contributed by atoms with Gasteiger partial charge in [-0.05, 0) is 36.0 Å². The van der Waals surface area contributed by atoms with E-state index in [1.54, 1.807) is 6.92 Å². The fourth-order valence-electron chi connectivity index (χ4n) is 3.54. The van der Waals surface area contributed by atoms with Crippen LogP contribution < -0.4 is 5.32 Å². The third kappa shape index (κ3) is 5.44. The summed E-state index contributed by atoms with van der Waals surface area (Å²) in [5.74, 6) is -3.94. The maximum absolute atomic E-state index is 12.4. The Bertz CT molecular complexity index is 878. The SMILES string of the molecule is CC(CC(Cc1ccc(-c2ccccc2)cc1)NC(=O)[C@@H]1C[C@H]1C(=O)O)C(=O)O. The van der Waals surface area contributed by atoms with Crippen molar-refractivity contribution < 1.29 is 24.6 Å². The highest BCUT2D eigenvalue weighted by Crippen LogP contribution is 2.39. The molecule has 6 heteroatoms. The van der Waals surface area contributed by atoms with Gasteiger partial charge >= 0.3 is 11.9 Å². The topological polar surface area (TPSA) is 104 Å². The summed E-state index contributed by atoms with van der Waals surface area (Å²) in [5.41, 5.74) is 3.17. The molecule has 0 aliphatic heterocycles. The van der Waals surface area contributed by atoms with E-state index in [2.05, 4.69) is 5.32 Å². The first-order chi connectivity index (χ1) is 13.8. The highest BCUT2D eigenvalue weighted by atomic mass is 16.4. The third-order valence-electron chi connectivity index (χ3n) is 5.39. The average Bonchev–Trinajstić information content (AvgIpc) is 3.50. The highest BCUT2D eigenvalue weighted by molar-refractivity contribution is 5.89. The minimum Gasteiger partial charge on any atom is -0.481 e. The molecule has 4 atom stereocenters. The van der Waals surface area contributed by atoms with Gasteiger partial charge in [0.15, 0.2) is 0 Å². The van der Waals surface area contributed by atoms with Gasteiger partial charge in [0.05, 0.1) is 17.8 Å². The fraction of sp³-hybridized carbons (Fsp3) is 0.348. The van der Waals surface area contributed by atoms with Gasteiger partial charge in [-0.3, -0.25) is 14.4 Å². The van der Waals surface area contributed by atoms with Crippen LogP contribution in [-0.2, 0) is 20.8 Å². The molecule has 1 amide bonds. The molecule has 29 heavy (non-hydrogen) atoms. The summed E-state index contributed by atoms with van der Waals surface area (Å²) in [6.07, 6.45) is 1.11. The number of nitrogens with one attached hydrogen (secondary N) is 1. The number of hydrogen-bond donors (Lipinski definition) is 3. The van der Waals surface area contributed by atoms with Crippen LogP contribution in [0.15, 0.2) is 54.6 Å². The zero-order valence-electron chi connectivity index (χ0n) is 16.2. The Hall–Kier alpha value is -3.15. The molecule has 152 valence electrons. The van der Waals surface area contributed by atoms with Crippen LogP contribution in [0.3, 0.4) is 0 Å². The molecule has 2 aromatic rings. The summed E-state index contributed by atoms with van der Waals surface area (Å²) in [4.78, 5) is 34.7. The largest absolute Gasteiger partial charge is 0.481 e. The second-order valence-electron chi connectivity index (χ2n) is 7.73. The van der Waals surface area contributed by atoms with Crippen molar-refractivity contribution in [2.75, 3.05) is 0 Å². The van der Waals surface area contributed by atoms with Crippen LogP contribution in [0.1, 0.15) is 25.3 Å².